The van der Waals surface area contributed by atoms with Crippen molar-refractivity contribution in [1.82, 2.24) is 9.80 Å². The second kappa shape index (κ2) is 16.4. The maximum absolute atomic E-state index is 14.3. The van der Waals surface area contributed by atoms with Gasteiger partial charge in [0.1, 0.15) is 15.8 Å². The van der Waals surface area contributed by atoms with E-state index in [0.717, 1.165) is 24.2 Å². The van der Waals surface area contributed by atoms with E-state index in [0.29, 0.717) is 24.5 Å². The number of hydrogen-bond acceptors (Lipinski definition) is 8. The quantitative estimate of drug-likeness (QED) is 0.278. The van der Waals surface area contributed by atoms with Crippen LogP contribution in [0.15, 0.2) is 64.2 Å². The summed E-state index contributed by atoms with van der Waals surface area (Å²) in [6.07, 6.45) is 1.49. The Bertz CT molecular complexity index is 1590. The summed E-state index contributed by atoms with van der Waals surface area (Å²) < 4.78 is 54.5. The molecule has 1 aromatic heterocycles. The minimum absolute atomic E-state index is 0.139. The standard InChI is InChI=1S/C33H43FN4O7S2/c1-22-19-38(23(2)21-39)32(40)28-18-27(36-47(42,43)31-9-7-17-46-31)14-15-29(28)45-24(3)8-5-6-16-44-30(22)20-37(4)33(41)35-26-12-10-25(34)11-13-26/h7,9-15,17-18,22-24,30,36,39H,5-6,8,16,19-21H2,1-4H3,(H,35,41)/t22-,23+,24+,30-/m0/s1. The van der Waals surface area contributed by atoms with E-state index in [-0.39, 0.29) is 47.2 Å². The number of aliphatic hydroxyl groups excluding tert-OH is 1. The molecule has 11 nitrogen and oxygen atoms in total. The van der Waals surface area contributed by atoms with Crippen LogP contribution in [0.2, 0.25) is 0 Å². The van der Waals surface area contributed by atoms with E-state index in [2.05, 4.69) is 10.0 Å². The highest BCUT2D eigenvalue weighted by atomic mass is 32.2. The number of fused-ring (bicyclic) bond motifs is 1. The monoisotopic (exact) mass is 690 g/mol. The molecular weight excluding hydrogens is 648 g/mol. The normalized spacial score (nSPS) is 20.3. The first-order chi connectivity index (χ1) is 22.4. The highest BCUT2D eigenvalue weighted by molar-refractivity contribution is 7.94. The minimum atomic E-state index is -3.87. The second-order valence-corrected chi connectivity index (χ2v) is 14.7. The Morgan fingerprint density at radius 3 is 2.55 bits per heavy atom. The van der Waals surface area contributed by atoms with Gasteiger partial charge in [0.15, 0.2) is 0 Å². The number of ether oxygens (including phenoxy) is 2. The van der Waals surface area contributed by atoms with Gasteiger partial charge >= 0.3 is 6.03 Å². The Morgan fingerprint density at radius 2 is 1.87 bits per heavy atom. The Labute approximate surface area is 279 Å². The third kappa shape index (κ3) is 9.89. The third-order valence-electron chi connectivity index (χ3n) is 7.96. The van der Waals surface area contributed by atoms with Crippen molar-refractivity contribution in [2.24, 2.45) is 5.92 Å². The lowest BCUT2D eigenvalue weighted by Crippen LogP contribution is -2.48. The molecule has 0 saturated carbocycles. The van der Waals surface area contributed by atoms with Crippen LogP contribution in [-0.4, -0.2) is 86.9 Å². The minimum Gasteiger partial charge on any atom is -0.490 e. The molecule has 0 fully saturated rings. The van der Waals surface area contributed by atoms with Gasteiger partial charge in [-0.05, 0) is 87.0 Å². The van der Waals surface area contributed by atoms with Gasteiger partial charge in [-0.15, -0.1) is 11.3 Å². The van der Waals surface area contributed by atoms with E-state index >= 15 is 0 Å². The average Bonchev–Trinajstić information content (AvgIpc) is 3.60. The van der Waals surface area contributed by atoms with Crippen LogP contribution < -0.4 is 14.8 Å². The molecule has 0 spiro atoms. The molecule has 4 atom stereocenters. The van der Waals surface area contributed by atoms with E-state index in [9.17, 15) is 27.5 Å². The second-order valence-electron chi connectivity index (χ2n) is 11.9. The molecule has 3 aromatic rings. The lowest BCUT2D eigenvalue weighted by molar-refractivity contribution is -0.0115. The summed E-state index contributed by atoms with van der Waals surface area (Å²) in [4.78, 5) is 30.3. The number of amides is 3. The number of likely N-dealkylation sites (N-methyl/N-ethyl adjacent to an activating group) is 1. The molecule has 256 valence electrons. The van der Waals surface area contributed by atoms with Crippen LogP contribution in [0.4, 0.5) is 20.6 Å². The summed E-state index contributed by atoms with van der Waals surface area (Å²) in [6, 6.07) is 12.2. The fourth-order valence-electron chi connectivity index (χ4n) is 5.18. The SMILES string of the molecule is C[C@@H]1CCCCO[C@@H](CN(C)C(=O)Nc2ccc(F)cc2)[C@@H](C)CN([C@H](C)CO)C(=O)c2cc(NS(=O)(=O)c3cccs3)ccc2O1. The number of carbonyl (C=O) groups is 2. The van der Waals surface area contributed by atoms with Crippen LogP contribution in [0.5, 0.6) is 5.75 Å². The van der Waals surface area contributed by atoms with Gasteiger partial charge in [0.05, 0.1) is 30.4 Å². The van der Waals surface area contributed by atoms with Gasteiger partial charge in [-0.2, -0.15) is 0 Å². The summed E-state index contributed by atoms with van der Waals surface area (Å²) in [7, 11) is -2.24. The van der Waals surface area contributed by atoms with E-state index < -0.39 is 39.9 Å². The number of benzene rings is 2. The molecule has 0 saturated heterocycles. The maximum atomic E-state index is 14.3. The first-order valence-electron chi connectivity index (χ1n) is 15.6. The van der Waals surface area contributed by atoms with Crippen molar-refractivity contribution in [3.8, 4) is 5.75 Å². The van der Waals surface area contributed by atoms with Gasteiger partial charge in [-0.1, -0.05) is 13.0 Å². The van der Waals surface area contributed by atoms with Crippen LogP contribution in [0.25, 0.3) is 0 Å². The fourth-order valence-corrected chi connectivity index (χ4v) is 7.22. The van der Waals surface area contributed by atoms with Crippen molar-refractivity contribution in [1.29, 1.82) is 0 Å². The van der Waals surface area contributed by atoms with E-state index in [1.807, 2.05) is 13.8 Å². The number of rotatable bonds is 8. The highest BCUT2D eigenvalue weighted by Crippen LogP contribution is 2.30. The predicted molar refractivity (Wildman–Crippen MR) is 180 cm³/mol. The van der Waals surface area contributed by atoms with E-state index in [1.54, 1.807) is 37.6 Å². The molecule has 1 aliphatic heterocycles. The lowest BCUT2D eigenvalue weighted by atomic mass is 10.0. The molecule has 2 heterocycles. The molecule has 0 radical (unpaired) electrons. The maximum Gasteiger partial charge on any atom is 0.321 e. The summed E-state index contributed by atoms with van der Waals surface area (Å²) in [6.45, 7) is 6.02. The molecule has 2 aromatic carbocycles. The third-order valence-corrected chi connectivity index (χ3v) is 10.7. The van der Waals surface area contributed by atoms with Gasteiger partial charge < -0.3 is 29.7 Å². The van der Waals surface area contributed by atoms with Crippen LogP contribution in [0, 0.1) is 11.7 Å². The Kier molecular flexibility index (Phi) is 12.6. The summed E-state index contributed by atoms with van der Waals surface area (Å²) in [5.74, 6) is -0.836. The largest absolute Gasteiger partial charge is 0.490 e. The zero-order valence-electron chi connectivity index (χ0n) is 27.0. The lowest BCUT2D eigenvalue weighted by Gasteiger charge is -2.35. The molecule has 4 rings (SSSR count). The molecule has 3 amide bonds. The van der Waals surface area contributed by atoms with Gasteiger partial charge in [0.25, 0.3) is 15.9 Å². The molecule has 0 aliphatic carbocycles. The summed E-state index contributed by atoms with van der Waals surface area (Å²) >= 11 is 1.08. The Morgan fingerprint density at radius 1 is 1.15 bits per heavy atom. The number of nitrogens with one attached hydrogen (secondary N) is 2. The van der Waals surface area contributed by atoms with Crippen molar-refractivity contribution >= 4 is 44.7 Å². The molecule has 47 heavy (non-hydrogen) atoms. The molecule has 3 N–H and O–H groups in total. The molecular formula is C33H43FN4O7S2. The van der Waals surface area contributed by atoms with Crippen LogP contribution in [0.1, 0.15) is 50.4 Å². The number of aliphatic hydroxyl groups is 1. The number of carbonyl (C=O) groups excluding carboxylic acids is 2. The predicted octanol–water partition coefficient (Wildman–Crippen LogP) is 5.65. The number of sulfonamides is 1. The van der Waals surface area contributed by atoms with Crippen LogP contribution >= 0.6 is 11.3 Å². The number of nitrogens with zero attached hydrogens (tertiary/aromatic N) is 2. The van der Waals surface area contributed by atoms with Gasteiger partial charge in [-0.25, -0.2) is 17.6 Å². The highest BCUT2D eigenvalue weighted by Gasteiger charge is 2.31. The number of hydrogen-bond donors (Lipinski definition) is 3. The number of anilines is 2. The topological polar surface area (TPSA) is 138 Å². The van der Waals surface area contributed by atoms with Crippen molar-refractivity contribution in [3.05, 3.63) is 71.4 Å². The summed E-state index contributed by atoms with van der Waals surface area (Å²) in [5.41, 5.74) is 0.799. The van der Waals surface area contributed by atoms with Crippen LogP contribution in [0.3, 0.4) is 0 Å². The molecule has 0 bridgehead atoms. The van der Waals surface area contributed by atoms with E-state index in [4.69, 9.17) is 9.47 Å². The first kappa shape index (κ1) is 36.1. The van der Waals surface area contributed by atoms with Gasteiger partial charge in [-0.3, -0.25) is 9.52 Å². The Balaban J connectivity index is 1.61. The van der Waals surface area contributed by atoms with Gasteiger partial charge in [0.2, 0.25) is 0 Å². The Hall–Kier alpha value is -3.72. The van der Waals surface area contributed by atoms with E-state index in [1.165, 1.54) is 46.2 Å². The zero-order valence-corrected chi connectivity index (χ0v) is 28.7. The van der Waals surface area contributed by atoms with Crippen molar-refractivity contribution < 1.29 is 37.0 Å². The molecule has 0 unspecified atom stereocenters. The molecule has 14 heteroatoms. The number of urea groups is 1. The number of halogens is 1. The number of thiophene rings is 1. The summed E-state index contributed by atoms with van der Waals surface area (Å²) in [5, 5.41) is 14.6. The van der Waals surface area contributed by atoms with Crippen LogP contribution in [-0.2, 0) is 14.8 Å². The van der Waals surface area contributed by atoms with Gasteiger partial charge in [0, 0.05) is 44.0 Å². The average molecular weight is 691 g/mol. The molecule has 1 aliphatic rings. The zero-order chi connectivity index (χ0) is 34.1. The van der Waals surface area contributed by atoms with Crippen molar-refractivity contribution in [2.45, 2.75) is 62.5 Å². The smallest absolute Gasteiger partial charge is 0.321 e. The first-order valence-corrected chi connectivity index (χ1v) is 17.9. The fraction of sp³-hybridized carbons (Fsp3) is 0.455. The van der Waals surface area contributed by atoms with Crippen molar-refractivity contribution in [2.75, 3.05) is 43.4 Å². The van der Waals surface area contributed by atoms with Crippen molar-refractivity contribution in [3.63, 3.8) is 0 Å².